The SMILES string of the molecule is O=C(O)CCN1CCCC(C(=O)Nc2ccc(Br)cn2)C1. The minimum Gasteiger partial charge on any atom is -0.481 e. The van der Waals surface area contributed by atoms with Crippen LogP contribution in [0.5, 0.6) is 0 Å². The Bertz CT molecular complexity index is 507. The number of likely N-dealkylation sites (tertiary alicyclic amines) is 1. The van der Waals surface area contributed by atoms with Gasteiger partial charge in [-0.2, -0.15) is 0 Å². The molecule has 114 valence electrons. The van der Waals surface area contributed by atoms with Gasteiger partial charge in [-0.1, -0.05) is 0 Å². The van der Waals surface area contributed by atoms with Crippen molar-refractivity contribution < 1.29 is 14.7 Å². The lowest BCUT2D eigenvalue weighted by Gasteiger charge is -2.31. The van der Waals surface area contributed by atoms with Crippen molar-refractivity contribution in [3.63, 3.8) is 0 Å². The summed E-state index contributed by atoms with van der Waals surface area (Å²) < 4.78 is 0.859. The molecule has 7 heteroatoms. The Hall–Kier alpha value is -1.47. The smallest absolute Gasteiger partial charge is 0.304 e. The van der Waals surface area contributed by atoms with Crippen LogP contribution in [0.2, 0.25) is 0 Å². The lowest BCUT2D eigenvalue weighted by molar-refractivity contribution is -0.137. The maximum atomic E-state index is 12.2. The first-order chi connectivity index (χ1) is 10.0. The molecule has 1 atom stereocenters. The standard InChI is InChI=1S/C14H18BrN3O3/c15-11-3-4-12(16-8-11)17-14(21)10-2-1-6-18(9-10)7-5-13(19)20/h3-4,8,10H,1-2,5-7,9H2,(H,19,20)(H,16,17,21). The average Bonchev–Trinajstić information content (AvgIpc) is 2.48. The van der Waals surface area contributed by atoms with E-state index in [4.69, 9.17) is 5.11 Å². The van der Waals surface area contributed by atoms with Crippen LogP contribution in [0.4, 0.5) is 5.82 Å². The molecule has 0 spiro atoms. The Labute approximate surface area is 131 Å². The number of rotatable bonds is 5. The molecule has 1 aromatic heterocycles. The summed E-state index contributed by atoms with van der Waals surface area (Å²) in [5.41, 5.74) is 0. The van der Waals surface area contributed by atoms with Gasteiger partial charge < -0.3 is 15.3 Å². The molecule has 0 aliphatic carbocycles. The van der Waals surface area contributed by atoms with Crippen molar-refractivity contribution in [2.24, 2.45) is 5.92 Å². The van der Waals surface area contributed by atoms with Gasteiger partial charge in [0.1, 0.15) is 5.82 Å². The number of nitrogens with zero attached hydrogens (tertiary/aromatic N) is 2. The van der Waals surface area contributed by atoms with Crippen LogP contribution >= 0.6 is 15.9 Å². The molecule has 6 nitrogen and oxygen atoms in total. The number of aliphatic carboxylic acids is 1. The topological polar surface area (TPSA) is 82.5 Å². The van der Waals surface area contributed by atoms with Crippen molar-refractivity contribution in [2.75, 3.05) is 25.0 Å². The van der Waals surface area contributed by atoms with Gasteiger partial charge in [0.15, 0.2) is 0 Å². The summed E-state index contributed by atoms with van der Waals surface area (Å²) >= 11 is 3.30. The van der Waals surface area contributed by atoms with E-state index in [9.17, 15) is 9.59 Å². The molecule has 1 fully saturated rings. The third kappa shape index (κ3) is 5.09. The zero-order valence-electron chi connectivity index (χ0n) is 11.6. The normalized spacial score (nSPS) is 19.2. The van der Waals surface area contributed by atoms with Gasteiger partial charge in [0.25, 0.3) is 0 Å². The van der Waals surface area contributed by atoms with Crippen molar-refractivity contribution >= 4 is 33.6 Å². The van der Waals surface area contributed by atoms with Gasteiger partial charge in [0.2, 0.25) is 5.91 Å². The molecular formula is C14H18BrN3O3. The Morgan fingerprint density at radius 1 is 1.48 bits per heavy atom. The lowest BCUT2D eigenvalue weighted by Crippen LogP contribution is -2.41. The van der Waals surface area contributed by atoms with Gasteiger partial charge in [-0.25, -0.2) is 4.98 Å². The number of nitrogens with one attached hydrogen (secondary N) is 1. The van der Waals surface area contributed by atoms with E-state index in [1.54, 1.807) is 12.3 Å². The van der Waals surface area contributed by atoms with Crippen LogP contribution in [0.25, 0.3) is 0 Å². The number of hydrogen-bond donors (Lipinski definition) is 2. The fourth-order valence-corrected chi connectivity index (χ4v) is 2.64. The van der Waals surface area contributed by atoms with Gasteiger partial charge in [0.05, 0.1) is 12.3 Å². The Morgan fingerprint density at radius 3 is 2.95 bits per heavy atom. The van der Waals surface area contributed by atoms with Crippen molar-refractivity contribution in [2.45, 2.75) is 19.3 Å². The van der Waals surface area contributed by atoms with E-state index in [0.29, 0.717) is 18.9 Å². The number of pyridine rings is 1. The van der Waals surface area contributed by atoms with Gasteiger partial charge in [0, 0.05) is 23.8 Å². The van der Waals surface area contributed by atoms with Gasteiger partial charge in [-0.15, -0.1) is 0 Å². The number of carboxylic acids is 1. The monoisotopic (exact) mass is 355 g/mol. The number of carboxylic acid groups (broad SMARTS) is 1. The van der Waals surface area contributed by atoms with Gasteiger partial charge in [-0.05, 0) is 47.4 Å². The molecule has 21 heavy (non-hydrogen) atoms. The first-order valence-electron chi connectivity index (χ1n) is 6.91. The summed E-state index contributed by atoms with van der Waals surface area (Å²) in [6, 6.07) is 3.57. The summed E-state index contributed by atoms with van der Waals surface area (Å²) in [6.45, 7) is 1.96. The molecular weight excluding hydrogens is 338 g/mol. The lowest BCUT2D eigenvalue weighted by atomic mass is 9.97. The summed E-state index contributed by atoms with van der Waals surface area (Å²) in [6.07, 6.45) is 3.48. The van der Waals surface area contributed by atoms with Gasteiger partial charge in [-0.3, -0.25) is 9.59 Å². The molecule has 0 saturated carbocycles. The van der Waals surface area contributed by atoms with Crippen molar-refractivity contribution in [1.82, 2.24) is 9.88 Å². The second kappa shape index (κ2) is 7.51. The minimum absolute atomic E-state index is 0.0511. The Balaban J connectivity index is 1.86. The molecule has 2 rings (SSSR count). The molecule has 1 amide bonds. The number of piperidine rings is 1. The largest absolute Gasteiger partial charge is 0.481 e. The number of carbonyl (C=O) groups is 2. The zero-order valence-corrected chi connectivity index (χ0v) is 13.2. The summed E-state index contributed by atoms with van der Waals surface area (Å²) in [4.78, 5) is 29.0. The number of hydrogen-bond acceptors (Lipinski definition) is 4. The van der Waals surface area contributed by atoms with Crippen LogP contribution in [0.15, 0.2) is 22.8 Å². The van der Waals surface area contributed by atoms with Crippen LogP contribution in [0.1, 0.15) is 19.3 Å². The Morgan fingerprint density at radius 2 is 2.29 bits per heavy atom. The number of carbonyl (C=O) groups excluding carboxylic acids is 1. The van der Waals surface area contributed by atoms with Crippen LogP contribution in [-0.4, -0.2) is 46.5 Å². The maximum absolute atomic E-state index is 12.2. The molecule has 1 saturated heterocycles. The van der Waals surface area contributed by atoms with Crippen molar-refractivity contribution in [3.8, 4) is 0 Å². The zero-order chi connectivity index (χ0) is 15.2. The average molecular weight is 356 g/mol. The molecule has 1 aliphatic rings. The highest BCUT2D eigenvalue weighted by molar-refractivity contribution is 9.10. The van der Waals surface area contributed by atoms with Crippen LogP contribution in [0.3, 0.4) is 0 Å². The third-order valence-corrected chi connectivity index (χ3v) is 3.97. The van der Waals surface area contributed by atoms with E-state index < -0.39 is 5.97 Å². The number of anilines is 1. The van der Waals surface area contributed by atoms with Crippen LogP contribution < -0.4 is 5.32 Å². The quantitative estimate of drug-likeness (QED) is 0.843. The molecule has 0 bridgehead atoms. The van der Waals surface area contributed by atoms with Crippen molar-refractivity contribution in [1.29, 1.82) is 0 Å². The first kappa shape index (κ1) is 15.9. The molecule has 2 heterocycles. The van der Waals surface area contributed by atoms with Crippen molar-refractivity contribution in [3.05, 3.63) is 22.8 Å². The number of aromatic nitrogens is 1. The molecule has 0 aromatic carbocycles. The second-order valence-electron chi connectivity index (χ2n) is 5.13. The Kier molecular flexibility index (Phi) is 5.69. The summed E-state index contributed by atoms with van der Waals surface area (Å²) in [7, 11) is 0. The maximum Gasteiger partial charge on any atom is 0.304 e. The van der Waals surface area contributed by atoms with E-state index in [2.05, 4.69) is 26.2 Å². The number of halogens is 1. The van der Waals surface area contributed by atoms with E-state index >= 15 is 0 Å². The second-order valence-corrected chi connectivity index (χ2v) is 6.05. The highest BCUT2D eigenvalue weighted by Gasteiger charge is 2.26. The molecule has 1 aliphatic heterocycles. The fraction of sp³-hybridized carbons (Fsp3) is 0.500. The predicted octanol–water partition coefficient (Wildman–Crippen LogP) is 1.97. The van der Waals surface area contributed by atoms with E-state index in [-0.39, 0.29) is 18.2 Å². The van der Waals surface area contributed by atoms with E-state index in [1.807, 2.05) is 11.0 Å². The summed E-state index contributed by atoms with van der Waals surface area (Å²) in [5.74, 6) is -0.436. The number of amides is 1. The minimum atomic E-state index is -0.805. The first-order valence-corrected chi connectivity index (χ1v) is 7.70. The summed E-state index contributed by atoms with van der Waals surface area (Å²) in [5, 5.41) is 11.5. The van der Waals surface area contributed by atoms with Crippen LogP contribution in [0, 0.1) is 5.92 Å². The fourth-order valence-electron chi connectivity index (χ4n) is 2.40. The molecule has 1 aromatic rings. The van der Waals surface area contributed by atoms with Gasteiger partial charge >= 0.3 is 5.97 Å². The molecule has 1 unspecified atom stereocenters. The third-order valence-electron chi connectivity index (χ3n) is 3.50. The molecule has 2 N–H and O–H groups in total. The predicted molar refractivity (Wildman–Crippen MR) is 82.0 cm³/mol. The highest BCUT2D eigenvalue weighted by Crippen LogP contribution is 2.19. The van der Waals surface area contributed by atoms with Crippen LogP contribution in [-0.2, 0) is 9.59 Å². The van der Waals surface area contributed by atoms with E-state index in [1.165, 1.54) is 0 Å². The van der Waals surface area contributed by atoms with E-state index in [0.717, 1.165) is 23.9 Å². The highest BCUT2D eigenvalue weighted by atomic mass is 79.9. The molecule has 0 radical (unpaired) electrons.